The number of aryl methyl sites for hydroxylation is 2. The van der Waals surface area contributed by atoms with Crippen LogP contribution in [0.25, 0.3) is 0 Å². The third-order valence-corrected chi connectivity index (χ3v) is 3.99. The van der Waals surface area contributed by atoms with Crippen LogP contribution in [0.5, 0.6) is 11.5 Å². The lowest BCUT2D eigenvalue weighted by molar-refractivity contribution is 0.459. The van der Waals surface area contributed by atoms with Crippen LogP contribution in [0.4, 0.5) is 0 Å². The molecule has 1 N–H and O–H groups in total. The lowest BCUT2D eigenvalue weighted by atomic mass is 10.1. The van der Waals surface area contributed by atoms with E-state index in [0.717, 1.165) is 33.6 Å². The Balaban J connectivity index is 2.34. The van der Waals surface area contributed by atoms with E-state index >= 15 is 0 Å². The van der Waals surface area contributed by atoms with E-state index in [9.17, 15) is 0 Å². The van der Waals surface area contributed by atoms with Gasteiger partial charge in [0.25, 0.3) is 0 Å². The summed E-state index contributed by atoms with van der Waals surface area (Å²) in [5, 5.41) is 3.44. The summed E-state index contributed by atoms with van der Waals surface area (Å²) < 4.78 is 7.22. The Hall–Kier alpha value is -1.32. The molecule has 112 valence electrons. The van der Waals surface area contributed by atoms with Gasteiger partial charge >= 0.3 is 0 Å². The molecule has 0 saturated heterocycles. The van der Waals surface area contributed by atoms with Gasteiger partial charge in [0.1, 0.15) is 11.5 Å². The van der Waals surface area contributed by atoms with Gasteiger partial charge in [-0.05, 0) is 57.1 Å². The standard InChI is InChI=1S/C18H22BrNO/c1-5-20-14(4)16-11-15(19)7-9-18(16)21-17-8-6-12(2)10-13(17)3/h6-11,14,20H,5H2,1-4H3. The predicted molar refractivity (Wildman–Crippen MR) is 92.2 cm³/mol. The minimum Gasteiger partial charge on any atom is -0.457 e. The molecule has 0 saturated carbocycles. The first-order valence-electron chi connectivity index (χ1n) is 7.29. The zero-order valence-electron chi connectivity index (χ0n) is 13.0. The largest absolute Gasteiger partial charge is 0.457 e. The Labute approximate surface area is 135 Å². The smallest absolute Gasteiger partial charge is 0.132 e. The van der Waals surface area contributed by atoms with Crippen LogP contribution < -0.4 is 10.1 Å². The van der Waals surface area contributed by atoms with E-state index in [-0.39, 0.29) is 6.04 Å². The highest BCUT2D eigenvalue weighted by atomic mass is 79.9. The van der Waals surface area contributed by atoms with Gasteiger partial charge in [0.2, 0.25) is 0 Å². The third kappa shape index (κ3) is 4.08. The van der Waals surface area contributed by atoms with E-state index in [1.165, 1.54) is 5.56 Å². The van der Waals surface area contributed by atoms with Gasteiger partial charge in [-0.1, -0.05) is 40.5 Å². The van der Waals surface area contributed by atoms with Gasteiger partial charge in [-0.15, -0.1) is 0 Å². The fourth-order valence-corrected chi connectivity index (χ4v) is 2.78. The van der Waals surface area contributed by atoms with Crippen molar-refractivity contribution in [3.05, 3.63) is 57.6 Å². The first kappa shape index (κ1) is 16.1. The highest BCUT2D eigenvalue weighted by molar-refractivity contribution is 9.10. The van der Waals surface area contributed by atoms with Crippen LogP contribution in [-0.4, -0.2) is 6.54 Å². The Bertz CT molecular complexity index is 625. The number of halogens is 1. The molecule has 1 unspecified atom stereocenters. The summed E-state index contributed by atoms with van der Waals surface area (Å²) in [5.74, 6) is 1.81. The molecule has 2 rings (SSSR count). The molecule has 0 heterocycles. The highest BCUT2D eigenvalue weighted by Crippen LogP contribution is 2.33. The van der Waals surface area contributed by atoms with Crippen molar-refractivity contribution < 1.29 is 4.74 Å². The second-order valence-electron chi connectivity index (χ2n) is 5.33. The Morgan fingerprint density at radius 1 is 1.10 bits per heavy atom. The maximum absolute atomic E-state index is 6.16. The summed E-state index contributed by atoms with van der Waals surface area (Å²) in [5.41, 5.74) is 3.56. The maximum atomic E-state index is 6.16. The number of ether oxygens (including phenoxy) is 1. The molecule has 0 radical (unpaired) electrons. The van der Waals surface area contributed by atoms with Crippen molar-refractivity contribution in [3.8, 4) is 11.5 Å². The molecule has 0 bridgehead atoms. The highest BCUT2D eigenvalue weighted by Gasteiger charge is 2.13. The van der Waals surface area contributed by atoms with Crippen LogP contribution in [0.1, 0.15) is 36.6 Å². The van der Waals surface area contributed by atoms with Crippen LogP contribution in [0, 0.1) is 13.8 Å². The van der Waals surface area contributed by atoms with Crippen LogP contribution in [0.15, 0.2) is 40.9 Å². The number of nitrogens with one attached hydrogen (secondary N) is 1. The Kier molecular flexibility index (Phi) is 5.43. The van der Waals surface area contributed by atoms with Crippen molar-refractivity contribution in [2.75, 3.05) is 6.54 Å². The molecule has 0 fully saturated rings. The third-order valence-electron chi connectivity index (χ3n) is 3.50. The monoisotopic (exact) mass is 347 g/mol. The van der Waals surface area contributed by atoms with Gasteiger partial charge in [0.05, 0.1) is 0 Å². The van der Waals surface area contributed by atoms with Crippen molar-refractivity contribution in [2.24, 2.45) is 0 Å². The lowest BCUT2D eigenvalue weighted by Gasteiger charge is -2.19. The van der Waals surface area contributed by atoms with E-state index in [2.05, 4.69) is 67.1 Å². The van der Waals surface area contributed by atoms with Crippen LogP contribution in [0.3, 0.4) is 0 Å². The van der Waals surface area contributed by atoms with E-state index in [0.29, 0.717) is 0 Å². The summed E-state index contributed by atoms with van der Waals surface area (Å²) in [4.78, 5) is 0. The molecule has 0 aliphatic rings. The van der Waals surface area contributed by atoms with Gasteiger partial charge < -0.3 is 10.1 Å². The molecular formula is C18H22BrNO. The Morgan fingerprint density at radius 3 is 2.48 bits per heavy atom. The number of hydrogen-bond donors (Lipinski definition) is 1. The number of benzene rings is 2. The maximum Gasteiger partial charge on any atom is 0.132 e. The van der Waals surface area contributed by atoms with Gasteiger partial charge in [0, 0.05) is 16.1 Å². The summed E-state index contributed by atoms with van der Waals surface area (Å²) in [6.45, 7) is 9.36. The molecule has 3 heteroatoms. The molecule has 21 heavy (non-hydrogen) atoms. The second-order valence-corrected chi connectivity index (χ2v) is 6.25. The normalized spacial score (nSPS) is 12.2. The Morgan fingerprint density at radius 2 is 1.81 bits per heavy atom. The van der Waals surface area contributed by atoms with Crippen molar-refractivity contribution in [3.63, 3.8) is 0 Å². The fourth-order valence-electron chi connectivity index (χ4n) is 2.40. The molecule has 0 aromatic heterocycles. The average Bonchev–Trinajstić information content (AvgIpc) is 2.43. The van der Waals surface area contributed by atoms with Crippen LogP contribution in [-0.2, 0) is 0 Å². The van der Waals surface area contributed by atoms with Crippen molar-refractivity contribution >= 4 is 15.9 Å². The lowest BCUT2D eigenvalue weighted by Crippen LogP contribution is -2.18. The quantitative estimate of drug-likeness (QED) is 0.767. The van der Waals surface area contributed by atoms with E-state index in [1.54, 1.807) is 0 Å². The zero-order valence-corrected chi connectivity index (χ0v) is 14.6. The van der Waals surface area contributed by atoms with Gasteiger partial charge in [0.15, 0.2) is 0 Å². The summed E-state index contributed by atoms with van der Waals surface area (Å²) >= 11 is 3.54. The summed E-state index contributed by atoms with van der Waals surface area (Å²) in [6, 6.07) is 12.7. The predicted octanol–water partition coefficient (Wildman–Crippen LogP) is 5.53. The van der Waals surface area contributed by atoms with Crippen molar-refractivity contribution in [1.29, 1.82) is 0 Å². The molecule has 2 aromatic rings. The molecule has 2 nitrogen and oxygen atoms in total. The fraction of sp³-hybridized carbons (Fsp3) is 0.333. The average molecular weight is 348 g/mol. The number of rotatable bonds is 5. The second kappa shape index (κ2) is 7.10. The molecule has 2 aromatic carbocycles. The van der Waals surface area contributed by atoms with E-state index < -0.39 is 0 Å². The topological polar surface area (TPSA) is 21.3 Å². The molecule has 0 amide bonds. The van der Waals surface area contributed by atoms with Crippen molar-refractivity contribution in [2.45, 2.75) is 33.7 Å². The van der Waals surface area contributed by atoms with E-state index in [4.69, 9.17) is 4.74 Å². The van der Waals surface area contributed by atoms with Crippen LogP contribution >= 0.6 is 15.9 Å². The van der Waals surface area contributed by atoms with Crippen molar-refractivity contribution in [1.82, 2.24) is 5.32 Å². The van der Waals surface area contributed by atoms with Crippen LogP contribution in [0.2, 0.25) is 0 Å². The van der Waals surface area contributed by atoms with Gasteiger partial charge in [-0.2, -0.15) is 0 Å². The first-order chi connectivity index (χ1) is 10.0. The molecule has 0 aliphatic heterocycles. The molecular weight excluding hydrogens is 326 g/mol. The zero-order chi connectivity index (χ0) is 15.4. The van der Waals surface area contributed by atoms with Gasteiger partial charge in [-0.25, -0.2) is 0 Å². The minimum absolute atomic E-state index is 0.244. The minimum atomic E-state index is 0.244. The molecule has 1 atom stereocenters. The van der Waals surface area contributed by atoms with Gasteiger partial charge in [-0.3, -0.25) is 0 Å². The molecule has 0 spiro atoms. The van der Waals surface area contributed by atoms with E-state index in [1.807, 2.05) is 18.2 Å². The summed E-state index contributed by atoms with van der Waals surface area (Å²) in [7, 11) is 0. The molecule has 0 aliphatic carbocycles. The number of hydrogen-bond acceptors (Lipinski definition) is 2. The SMILES string of the molecule is CCNC(C)c1cc(Br)ccc1Oc1ccc(C)cc1C. The summed E-state index contributed by atoms with van der Waals surface area (Å²) in [6.07, 6.45) is 0. The first-order valence-corrected chi connectivity index (χ1v) is 8.08.